The third kappa shape index (κ3) is 3.53. The molecule has 1 unspecified atom stereocenters. The highest BCUT2D eigenvalue weighted by atomic mass is 16.7. The maximum atomic E-state index is 11.9. The van der Waals surface area contributed by atoms with Crippen molar-refractivity contribution < 1.29 is 24.0 Å². The minimum atomic E-state index is -0.698. The largest absolute Gasteiger partial charge is 0.333 e. The summed E-state index contributed by atoms with van der Waals surface area (Å²) in [5.41, 5.74) is 0. The highest BCUT2D eigenvalue weighted by Gasteiger charge is 2.33. The summed E-state index contributed by atoms with van der Waals surface area (Å²) in [6, 6.07) is 0. The normalized spacial score (nSPS) is 25.3. The number of nitrogens with zero attached hydrogens (tertiary/aromatic N) is 1. The third-order valence-electron chi connectivity index (χ3n) is 3.47. The maximum Gasteiger partial charge on any atom is 0.333 e. The maximum absolute atomic E-state index is 11.9. The van der Waals surface area contributed by atoms with Crippen LogP contribution in [0.15, 0.2) is 12.2 Å². The molecule has 6 nitrogen and oxygen atoms in total. The van der Waals surface area contributed by atoms with Gasteiger partial charge < -0.3 is 4.84 Å². The Morgan fingerprint density at radius 1 is 1.10 bits per heavy atom. The van der Waals surface area contributed by atoms with E-state index in [4.69, 9.17) is 4.84 Å². The van der Waals surface area contributed by atoms with Gasteiger partial charge in [-0.05, 0) is 19.3 Å². The van der Waals surface area contributed by atoms with Gasteiger partial charge in [0.25, 0.3) is 11.8 Å². The van der Waals surface area contributed by atoms with Gasteiger partial charge in [-0.2, -0.15) is 0 Å². The summed E-state index contributed by atoms with van der Waals surface area (Å²) in [4.78, 5) is 51.1. The molecule has 1 saturated heterocycles. The quantitative estimate of drug-likeness (QED) is 0.574. The monoisotopic (exact) mass is 279 g/mol. The van der Waals surface area contributed by atoms with Crippen molar-refractivity contribution in [2.45, 2.75) is 44.9 Å². The van der Waals surface area contributed by atoms with Gasteiger partial charge in [0.05, 0.1) is 6.42 Å². The second-order valence-electron chi connectivity index (χ2n) is 5.00. The van der Waals surface area contributed by atoms with Crippen molar-refractivity contribution in [2.24, 2.45) is 5.92 Å². The molecule has 0 bridgehead atoms. The second kappa shape index (κ2) is 6.45. The molecular formula is C14H17NO5. The molecule has 0 aromatic rings. The molecule has 0 aromatic carbocycles. The topological polar surface area (TPSA) is 80.8 Å². The summed E-state index contributed by atoms with van der Waals surface area (Å²) < 4.78 is 0. The van der Waals surface area contributed by atoms with E-state index >= 15 is 0 Å². The van der Waals surface area contributed by atoms with E-state index in [2.05, 4.69) is 0 Å². The number of hydrogen-bond acceptors (Lipinski definition) is 5. The van der Waals surface area contributed by atoms with Crippen LogP contribution in [0.1, 0.15) is 44.9 Å². The van der Waals surface area contributed by atoms with Crippen LogP contribution < -0.4 is 0 Å². The molecule has 1 aliphatic heterocycles. The first-order valence-electron chi connectivity index (χ1n) is 6.82. The summed E-state index contributed by atoms with van der Waals surface area (Å²) in [6.45, 7) is 0. The molecule has 0 N–H and O–H groups in total. The molecule has 2 rings (SSSR count). The van der Waals surface area contributed by atoms with E-state index in [0.29, 0.717) is 24.3 Å². The van der Waals surface area contributed by atoms with E-state index in [0.717, 1.165) is 6.42 Å². The number of hydroxylamine groups is 2. The van der Waals surface area contributed by atoms with Crippen molar-refractivity contribution in [3.8, 4) is 0 Å². The lowest BCUT2D eigenvalue weighted by molar-refractivity contribution is -0.198. The Morgan fingerprint density at radius 3 is 2.45 bits per heavy atom. The predicted octanol–water partition coefficient (Wildman–Crippen LogP) is 1.30. The lowest BCUT2D eigenvalue weighted by atomic mass is 9.90. The van der Waals surface area contributed by atoms with Crippen molar-refractivity contribution in [3.05, 3.63) is 12.2 Å². The summed E-state index contributed by atoms with van der Waals surface area (Å²) in [7, 11) is 0. The van der Waals surface area contributed by atoms with Gasteiger partial charge >= 0.3 is 5.97 Å². The number of carbonyl (C=O) groups excluding carboxylic acids is 4. The molecule has 1 aliphatic carbocycles. The van der Waals surface area contributed by atoms with Gasteiger partial charge in [0.1, 0.15) is 5.78 Å². The summed E-state index contributed by atoms with van der Waals surface area (Å²) in [5, 5.41) is 0.523. The summed E-state index contributed by atoms with van der Waals surface area (Å²) >= 11 is 0. The number of hydrogen-bond donors (Lipinski definition) is 0. The van der Waals surface area contributed by atoms with Crippen molar-refractivity contribution in [1.29, 1.82) is 0 Å². The number of Topliss-reactive ketones (excluding diaryl/α,β-unsaturated/α-hetero) is 1. The van der Waals surface area contributed by atoms with Gasteiger partial charge in [-0.1, -0.05) is 12.2 Å². The molecule has 1 heterocycles. The number of ketones is 1. The Hall–Kier alpha value is -1.98. The van der Waals surface area contributed by atoms with Gasteiger partial charge in [-0.3, -0.25) is 14.4 Å². The Labute approximate surface area is 116 Å². The fourth-order valence-corrected chi connectivity index (χ4v) is 2.34. The van der Waals surface area contributed by atoms with Crippen LogP contribution in [-0.4, -0.2) is 28.6 Å². The smallest absolute Gasteiger partial charge is 0.330 e. The second-order valence-corrected chi connectivity index (χ2v) is 5.00. The molecule has 0 radical (unpaired) electrons. The molecular weight excluding hydrogens is 262 g/mol. The molecule has 2 aliphatic rings. The van der Waals surface area contributed by atoms with Gasteiger partial charge in [-0.15, -0.1) is 5.06 Å². The lowest BCUT2D eigenvalue weighted by Gasteiger charge is -2.17. The number of rotatable bonds is 3. The molecule has 20 heavy (non-hydrogen) atoms. The lowest BCUT2D eigenvalue weighted by Crippen LogP contribution is -2.33. The first-order chi connectivity index (χ1) is 9.58. The van der Waals surface area contributed by atoms with Gasteiger partial charge in [-0.25, -0.2) is 4.79 Å². The zero-order valence-corrected chi connectivity index (χ0v) is 11.2. The van der Waals surface area contributed by atoms with Crippen LogP contribution in [0.3, 0.4) is 0 Å². The number of carbonyl (C=O) groups is 4. The van der Waals surface area contributed by atoms with Gasteiger partial charge in [0.15, 0.2) is 0 Å². The zero-order valence-electron chi connectivity index (χ0n) is 11.2. The van der Waals surface area contributed by atoms with E-state index in [1.807, 2.05) is 12.2 Å². The Balaban J connectivity index is 1.89. The molecule has 6 heteroatoms. The van der Waals surface area contributed by atoms with Crippen LogP contribution in [-0.2, 0) is 24.0 Å². The Morgan fingerprint density at radius 2 is 1.75 bits per heavy atom. The van der Waals surface area contributed by atoms with Crippen LogP contribution in [0.4, 0.5) is 0 Å². The van der Waals surface area contributed by atoms with Gasteiger partial charge in [0.2, 0.25) is 0 Å². The standard InChI is InChI=1S/C14H17NO5/c16-11-6-4-2-1-3-5-10(11)9-14(19)20-15-12(17)7-8-13(15)18/h1-2,10H,3-9H2/b2-1+. The van der Waals surface area contributed by atoms with Crippen molar-refractivity contribution in [1.82, 2.24) is 5.06 Å². The van der Waals surface area contributed by atoms with Crippen LogP contribution >= 0.6 is 0 Å². The van der Waals surface area contributed by atoms with Crippen molar-refractivity contribution >= 4 is 23.6 Å². The fourth-order valence-electron chi connectivity index (χ4n) is 2.34. The number of allylic oxidation sites excluding steroid dienone is 2. The molecule has 0 aromatic heterocycles. The zero-order chi connectivity index (χ0) is 14.5. The number of imide groups is 1. The average molecular weight is 279 g/mol. The van der Waals surface area contributed by atoms with E-state index in [-0.39, 0.29) is 31.0 Å². The van der Waals surface area contributed by atoms with Crippen LogP contribution in [0.2, 0.25) is 0 Å². The molecule has 2 amide bonds. The van der Waals surface area contributed by atoms with Crippen LogP contribution in [0.5, 0.6) is 0 Å². The SMILES string of the molecule is O=C(CC1CC/C=C/CCC1=O)ON1C(=O)CCC1=O. The van der Waals surface area contributed by atoms with Crippen LogP contribution in [0, 0.1) is 5.92 Å². The van der Waals surface area contributed by atoms with E-state index in [1.165, 1.54) is 0 Å². The molecule has 0 spiro atoms. The molecule has 108 valence electrons. The van der Waals surface area contributed by atoms with Crippen molar-refractivity contribution in [2.75, 3.05) is 0 Å². The Kier molecular flexibility index (Phi) is 4.65. The molecule has 1 fully saturated rings. The average Bonchev–Trinajstić information content (AvgIpc) is 2.70. The molecule has 1 atom stereocenters. The van der Waals surface area contributed by atoms with Gasteiger partial charge in [0, 0.05) is 25.2 Å². The highest BCUT2D eigenvalue weighted by molar-refractivity contribution is 6.01. The predicted molar refractivity (Wildman–Crippen MR) is 67.9 cm³/mol. The first kappa shape index (κ1) is 14.4. The third-order valence-corrected chi connectivity index (χ3v) is 3.47. The Bertz CT molecular complexity index is 452. The minimum Gasteiger partial charge on any atom is -0.330 e. The minimum absolute atomic E-state index is 0.0328. The van der Waals surface area contributed by atoms with E-state index in [1.54, 1.807) is 0 Å². The highest BCUT2D eigenvalue weighted by Crippen LogP contribution is 2.21. The van der Waals surface area contributed by atoms with Crippen molar-refractivity contribution in [3.63, 3.8) is 0 Å². The molecule has 0 saturated carbocycles. The number of amides is 2. The summed E-state index contributed by atoms with van der Waals surface area (Å²) in [5.74, 6) is -2.06. The fraction of sp³-hybridized carbons (Fsp3) is 0.571. The van der Waals surface area contributed by atoms with E-state index in [9.17, 15) is 19.2 Å². The summed E-state index contributed by atoms with van der Waals surface area (Å²) in [6.07, 6.45) is 6.45. The first-order valence-corrected chi connectivity index (χ1v) is 6.82. The van der Waals surface area contributed by atoms with Crippen LogP contribution in [0.25, 0.3) is 0 Å². The van der Waals surface area contributed by atoms with E-state index < -0.39 is 17.8 Å².